The highest BCUT2D eigenvalue weighted by molar-refractivity contribution is 5.17. The zero-order valence-corrected chi connectivity index (χ0v) is 8.57. The van der Waals surface area contributed by atoms with E-state index in [0.29, 0.717) is 13.2 Å². The minimum Gasteiger partial charge on any atom is -0.369 e. The average molecular weight is 191 g/mol. The Morgan fingerprint density at radius 3 is 2.64 bits per heavy atom. The summed E-state index contributed by atoms with van der Waals surface area (Å²) in [7, 11) is 0. The summed E-state index contributed by atoms with van der Waals surface area (Å²) in [6.45, 7) is 6.84. The fourth-order valence-electron chi connectivity index (χ4n) is 1.12. The van der Waals surface area contributed by atoms with Crippen molar-refractivity contribution in [2.75, 3.05) is 13.2 Å². The molecule has 0 spiro atoms. The van der Waals surface area contributed by atoms with Gasteiger partial charge in [0.15, 0.2) is 0 Å². The molecular weight excluding hydrogens is 174 g/mol. The first-order valence-electron chi connectivity index (χ1n) is 4.77. The third kappa shape index (κ3) is 3.32. The van der Waals surface area contributed by atoms with Crippen LogP contribution in [0.3, 0.4) is 0 Å². The molecule has 0 aromatic heterocycles. The molecule has 0 radical (unpaired) electrons. The molecule has 1 aromatic rings. The molecule has 1 rings (SSSR count). The third-order valence-corrected chi connectivity index (χ3v) is 2.10. The predicted molar refractivity (Wildman–Crippen MR) is 59.0 cm³/mol. The van der Waals surface area contributed by atoms with Crippen molar-refractivity contribution < 1.29 is 4.74 Å². The van der Waals surface area contributed by atoms with Crippen molar-refractivity contribution in [2.24, 2.45) is 5.73 Å². The van der Waals surface area contributed by atoms with Crippen LogP contribution in [0.25, 0.3) is 0 Å². The van der Waals surface area contributed by atoms with Gasteiger partial charge in [0.25, 0.3) is 0 Å². The summed E-state index contributed by atoms with van der Waals surface area (Å²) in [5, 5.41) is 0. The summed E-state index contributed by atoms with van der Waals surface area (Å²) >= 11 is 0. The number of benzene rings is 1. The largest absolute Gasteiger partial charge is 0.369 e. The highest BCUT2D eigenvalue weighted by atomic mass is 16.5. The van der Waals surface area contributed by atoms with Gasteiger partial charge in [0.2, 0.25) is 0 Å². The first kappa shape index (κ1) is 11.0. The van der Waals surface area contributed by atoms with Gasteiger partial charge in [-0.3, -0.25) is 0 Å². The maximum atomic E-state index is 5.60. The van der Waals surface area contributed by atoms with Crippen molar-refractivity contribution >= 4 is 0 Å². The zero-order chi connectivity index (χ0) is 10.4. The lowest BCUT2D eigenvalue weighted by Crippen LogP contribution is -2.10. The number of nitrogens with two attached hydrogens (primary N) is 1. The van der Waals surface area contributed by atoms with Gasteiger partial charge in [0.1, 0.15) is 0 Å². The predicted octanol–water partition coefficient (Wildman–Crippen LogP) is 2.28. The second kappa shape index (κ2) is 5.58. The van der Waals surface area contributed by atoms with E-state index in [1.165, 1.54) is 5.56 Å². The van der Waals surface area contributed by atoms with Gasteiger partial charge in [-0.15, -0.1) is 0 Å². The van der Waals surface area contributed by atoms with E-state index in [1.807, 2.05) is 25.1 Å². The molecule has 1 aromatic carbocycles. The lowest BCUT2D eigenvalue weighted by Gasteiger charge is -2.13. The van der Waals surface area contributed by atoms with E-state index in [2.05, 4.69) is 18.7 Å². The van der Waals surface area contributed by atoms with Crippen LogP contribution in [0, 0.1) is 0 Å². The van der Waals surface area contributed by atoms with Crippen molar-refractivity contribution in [3.05, 3.63) is 48.0 Å². The summed E-state index contributed by atoms with van der Waals surface area (Å²) < 4.78 is 5.60. The Bertz CT molecular complexity index is 282. The normalized spacial score (nSPS) is 12.4. The molecule has 0 bridgehead atoms. The van der Waals surface area contributed by atoms with Crippen LogP contribution in [0.1, 0.15) is 18.6 Å². The highest BCUT2D eigenvalue weighted by Gasteiger charge is 2.04. The van der Waals surface area contributed by atoms with E-state index in [-0.39, 0.29) is 6.10 Å². The van der Waals surface area contributed by atoms with Crippen LogP contribution >= 0.6 is 0 Å². The highest BCUT2D eigenvalue weighted by Crippen LogP contribution is 2.16. The molecule has 1 atom stereocenters. The van der Waals surface area contributed by atoms with Crippen molar-refractivity contribution in [2.45, 2.75) is 13.0 Å². The van der Waals surface area contributed by atoms with Crippen molar-refractivity contribution in [1.82, 2.24) is 0 Å². The molecule has 0 amide bonds. The lowest BCUT2D eigenvalue weighted by atomic mass is 10.1. The monoisotopic (exact) mass is 191 g/mol. The van der Waals surface area contributed by atoms with Gasteiger partial charge in [0.05, 0.1) is 12.7 Å². The summed E-state index contributed by atoms with van der Waals surface area (Å²) in [6.07, 6.45) is 0.0968. The van der Waals surface area contributed by atoms with Crippen LogP contribution in [0.2, 0.25) is 0 Å². The Hall–Kier alpha value is -1.12. The molecule has 1 unspecified atom stereocenters. The Labute approximate surface area is 85.4 Å². The molecule has 76 valence electrons. The second-order valence-corrected chi connectivity index (χ2v) is 3.32. The second-order valence-electron chi connectivity index (χ2n) is 3.32. The maximum Gasteiger partial charge on any atom is 0.0801 e. The Balaban J connectivity index is 2.43. The molecule has 0 saturated carbocycles. The summed E-state index contributed by atoms with van der Waals surface area (Å²) in [5.74, 6) is 0. The van der Waals surface area contributed by atoms with Gasteiger partial charge >= 0.3 is 0 Å². The SMILES string of the molecule is C=C(CN)COC(C)c1ccccc1. The van der Waals surface area contributed by atoms with Crippen LogP contribution in [0.4, 0.5) is 0 Å². The van der Waals surface area contributed by atoms with Crippen molar-refractivity contribution in [3.63, 3.8) is 0 Å². The van der Waals surface area contributed by atoms with Gasteiger partial charge in [-0.1, -0.05) is 36.9 Å². The van der Waals surface area contributed by atoms with E-state index in [4.69, 9.17) is 10.5 Å². The molecule has 0 aliphatic heterocycles. The molecular formula is C12H17NO. The molecule has 2 N–H and O–H groups in total. The summed E-state index contributed by atoms with van der Waals surface area (Å²) in [4.78, 5) is 0. The van der Waals surface area contributed by atoms with Gasteiger partial charge < -0.3 is 10.5 Å². The first-order valence-corrected chi connectivity index (χ1v) is 4.77. The smallest absolute Gasteiger partial charge is 0.0801 e. The van der Waals surface area contributed by atoms with Crippen LogP contribution in [-0.2, 0) is 4.74 Å². The number of rotatable bonds is 5. The van der Waals surface area contributed by atoms with Crippen LogP contribution in [0.5, 0.6) is 0 Å². The molecule has 0 heterocycles. The Kier molecular flexibility index (Phi) is 4.36. The molecule has 0 saturated heterocycles. The van der Waals surface area contributed by atoms with Gasteiger partial charge in [-0.2, -0.15) is 0 Å². The molecule has 14 heavy (non-hydrogen) atoms. The van der Waals surface area contributed by atoms with Crippen LogP contribution < -0.4 is 5.73 Å². The van der Waals surface area contributed by atoms with E-state index in [0.717, 1.165) is 5.57 Å². The van der Waals surface area contributed by atoms with Gasteiger partial charge in [0, 0.05) is 6.54 Å². The minimum atomic E-state index is 0.0968. The van der Waals surface area contributed by atoms with Crippen molar-refractivity contribution in [1.29, 1.82) is 0 Å². The quantitative estimate of drug-likeness (QED) is 0.725. The van der Waals surface area contributed by atoms with Gasteiger partial charge in [-0.05, 0) is 18.1 Å². The standard InChI is InChI=1S/C12H17NO/c1-10(8-13)9-14-11(2)12-6-4-3-5-7-12/h3-7,11H,1,8-9,13H2,2H3. The Morgan fingerprint density at radius 2 is 2.07 bits per heavy atom. The fraction of sp³-hybridized carbons (Fsp3) is 0.333. The minimum absolute atomic E-state index is 0.0968. The van der Waals surface area contributed by atoms with Crippen LogP contribution in [-0.4, -0.2) is 13.2 Å². The number of ether oxygens (including phenoxy) is 1. The van der Waals surface area contributed by atoms with E-state index in [1.54, 1.807) is 0 Å². The first-order chi connectivity index (χ1) is 6.74. The van der Waals surface area contributed by atoms with E-state index < -0.39 is 0 Å². The molecule has 2 nitrogen and oxygen atoms in total. The molecule has 0 aliphatic rings. The van der Waals surface area contributed by atoms with E-state index in [9.17, 15) is 0 Å². The Morgan fingerprint density at radius 1 is 1.43 bits per heavy atom. The summed E-state index contributed by atoms with van der Waals surface area (Å²) in [6, 6.07) is 10.1. The lowest BCUT2D eigenvalue weighted by molar-refractivity contribution is 0.0833. The van der Waals surface area contributed by atoms with Crippen LogP contribution in [0.15, 0.2) is 42.5 Å². The zero-order valence-electron chi connectivity index (χ0n) is 8.57. The summed E-state index contributed by atoms with van der Waals surface area (Å²) in [5.41, 5.74) is 7.52. The fourth-order valence-corrected chi connectivity index (χ4v) is 1.12. The molecule has 0 aliphatic carbocycles. The maximum absolute atomic E-state index is 5.60. The number of hydrogen-bond donors (Lipinski definition) is 1. The average Bonchev–Trinajstić information content (AvgIpc) is 2.26. The number of hydrogen-bond acceptors (Lipinski definition) is 2. The molecule has 2 heteroatoms. The van der Waals surface area contributed by atoms with Gasteiger partial charge in [-0.25, -0.2) is 0 Å². The topological polar surface area (TPSA) is 35.2 Å². The van der Waals surface area contributed by atoms with E-state index >= 15 is 0 Å². The van der Waals surface area contributed by atoms with Crippen molar-refractivity contribution in [3.8, 4) is 0 Å². The molecule has 0 fully saturated rings. The third-order valence-electron chi connectivity index (χ3n) is 2.10.